The maximum Gasteiger partial charge on any atom is 0.189 e. The molecule has 0 saturated carbocycles. The highest BCUT2D eigenvalue weighted by Crippen LogP contribution is 2.24. The normalized spacial score (nSPS) is 30.3. The molecular formula is C8H11BrO2. The molecule has 1 atom stereocenters. The molecule has 0 spiro atoms. The molecule has 1 rings (SSSR count). The summed E-state index contributed by atoms with van der Waals surface area (Å²) in [5.41, 5.74) is 0. The van der Waals surface area contributed by atoms with E-state index in [-0.39, 0.29) is 0 Å². The van der Waals surface area contributed by atoms with E-state index in [2.05, 4.69) is 15.9 Å². The largest absolute Gasteiger partial charge is 0.362 e. The van der Waals surface area contributed by atoms with Crippen molar-refractivity contribution in [3.63, 3.8) is 0 Å². The quantitative estimate of drug-likeness (QED) is 0.719. The van der Waals surface area contributed by atoms with Gasteiger partial charge in [-0.25, -0.2) is 0 Å². The van der Waals surface area contributed by atoms with Crippen molar-refractivity contribution in [2.45, 2.75) is 19.1 Å². The van der Waals surface area contributed by atoms with Gasteiger partial charge in [-0.1, -0.05) is 22.0 Å². The van der Waals surface area contributed by atoms with Gasteiger partial charge in [0.15, 0.2) is 5.79 Å². The predicted octanol–water partition coefficient (Wildman–Crippen LogP) is 1.95. The van der Waals surface area contributed by atoms with Gasteiger partial charge in [-0.2, -0.15) is 0 Å². The fourth-order valence-corrected chi connectivity index (χ4v) is 1.24. The van der Waals surface area contributed by atoms with Crippen molar-refractivity contribution in [3.8, 4) is 0 Å². The lowest BCUT2D eigenvalue weighted by Crippen LogP contribution is -2.30. The molecular weight excluding hydrogens is 208 g/mol. The number of allylic oxidation sites excluding steroid dienone is 2. The third-order valence-corrected chi connectivity index (χ3v) is 2.07. The van der Waals surface area contributed by atoms with Crippen molar-refractivity contribution >= 4 is 15.9 Å². The zero-order chi connectivity index (χ0) is 8.32. The van der Waals surface area contributed by atoms with E-state index >= 15 is 0 Å². The number of hydrogen-bond acceptors (Lipinski definition) is 2. The van der Waals surface area contributed by atoms with Crippen molar-refractivity contribution in [3.05, 3.63) is 22.7 Å². The summed E-state index contributed by atoms with van der Waals surface area (Å²) < 4.78 is 6.11. The summed E-state index contributed by atoms with van der Waals surface area (Å²) >= 11 is 3.30. The van der Waals surface area contributed by atoms with Crippen LogP contribution >= 0.6 is 15.9 Å². The SMILES string of the molecule is CCOC1(O)C=CC(Br)=CC1. The molecule has 0 radical (unpaired) electrons. The van der Waals surface area contributed by atoms with E-state index < -0.39 is 5.79 Å². The highest BCUT2D eigenvalue weighted by Gasteiger charge is 2.24. The number of hydrogen-bond donors (Lipinski definition) is 1. The lowest BCUT2D eigenvalue weighted by molar-refractivity contribution is -0.161. The highest BCUT2D eigenvalue weighted by atomic mass is 79.9. The summed E-state index contributed by atoms with van der Waals surface area (Å²) in [6, 6.07) is 0. The summed E-state index contributed by atoms with van der Waals surface area (Å²) in [6.45, 7) is 2.38. The van der Waals surface area contributed by atoms with Gasteiger partial charge in [0.1, 0.15) is 0 Å². The van der Waals surface area contributed by atoms with Crippen molar-refractivity contribution in [2.75, 3.05) is 6.61 Å². The van der Waals surface area contributed by atoms with Gasteiger partial charge in [0.25, 0.3) is 0 Å². The molecule has 0 aliphatic heterocycles. The van der Waals surface area contributed by atoms with Crippen LogP contribution in [0.25, 0.3) is 0 Å². The fourth-order valence-electron chi connectivity index (χ4n) is 0.947. The lowest BCUT2D eigenvalue weighted by Gasteiger charge is -2.25. The predicted molar refractivity (Wildman–Crippen MR) is 47.3 cm³/mol. The molecule has 1 unspecified atom stereocenters. The molecule has 1 N–H and O–H groups in total. The molecule has 0 aromatic carbocycles. The number of halogens is 1. The average molecular weight is 219 g/mol. The minimum absolute atomic E-state index is 0.512. The van der Waals surface area contributed by atoms with Gasteiger partial charge in [-0.3, -0.25) is 0 Å². The van der Waals surface area contributed by atoms with Crippen LogP contribution in [0.5, 0.6) is 0 Å². The van der Waals surface area contributed by atoms with E-state index in [4.69, 9.17) is 4.74 Å². The van der Waals surface area contributed by atoms with Crippen LogP contribution in [-0.4, -0.2) is 17.5 Å². The van der Waals surface area contributed by atoms with Crippen LogP contribution in [0.15, 0.2) is 22.7 Å². The zero-order valence-corrected chi connectivity index (χ0v) is 7.97. The maximum absolute atomic E-state index is 9.61. The third-order valence-electron chi connectivity index (χ3n) is 1.49. The first kappa shape index (κ1) is 8.97. The van der Waals surface area contributed by atoms with Gasteiger partial charge in [-0.15, -0.1) is 0 Å². The number of ether oxygens (including phenoxy) is 1. The summed E-state index contributed by atoms with van der Waals surface area (Å²) in [5, 5.41) is 9.61. The van der Waals surface area contributed by atoms with Gasteiger partial charge in [0.05, 0.1) is 0 Å². The van der Waals surface area contributed by atoms with Crippen molar-refractivity contribution in [2.24, 2.45) is 0 Å². The van der Waals surface area contributed by atoms with E-state index in [9.17, 15) is 5.11 Å². The highest BCUT2D eigenvalue weighted by molar-refractivity contribution is 9.11. The van der Waals surface area contributed by atoms with E-state index in [0.717, 1.165) is 4.48 Å². The maximum atomic E-state index is 9.61. The molecule has 0 amide bonds. The second-order valence-electron chi connectivity index (χ2n) is 2.40. The molecule has 1 aliphatic rings. The standard InChI is InChI=1S/C8H11BrO2/c1-2-11-8(10)5-3-7(9)4-6-8/h3-5,10H,2,6H2,1H3. The Bertz CT molecular complexity index is 198. The van der Waals surface area contributed by atoms with Gasteiger partial charge in [0.2, 0.25) is 0 Å². The Labute approximate surface area is 74.7 Å². The van der Waals surface area contributed by atoms with Gasteiger partial charge >= 0.3 is 0 Å². The summed E-state index contributed by atoms with van der Waals surface area (Å²) in [5.74, 6) is -1.08. The molecule has 0 saturated heterocycles. The van der Waals surface area contributed by atoms with Crippen LogP contribution in [0.1, 0.15) is 13.3 Å². The Morgan fingerprint density at radius 2 is 2.55 bits per heavy atom. The monoisotopic (exact) mass is 218 g/mol. The molecule has 0 fully saturated rings. The second kappa shape index (κ2) is 3.52. The zero-order valence-electron chi connectivity index (χ0n) is 6.38. The Morgan fingerprint density at radius 3 is 3.00 bits per heavy atom. The molecule has 0 aromatic rings. The average Bonchev–Trinajstić information content (AvgIpc) is 1.97. The van der Waals surface area contributed by atoms with Crippen LogP contribution in [0, 0.1) is 0 Å². The minimum atomic E-state index is -1.08. The molecule has 1 aliphatic carbocycles. The molecule has 11 heavy (non-hydrogen) atoms. The van der Waals surface area contributed by atoms with Crippen LogP contribution in [0.3, 0.4) is 0 Å². The fraction of sp³-hybridized carbons (Fsp3) is 0.500. The Kier molecular flexibility index (Phi) is 2.87. The number of aliphatic hydroxyl groups is 1. The van der Waals surface area contributed by atoms with Gasteiger partial charge in [0, 0.05) is 17.5 Å². The van der Waals surface area contributed by atoms with Gasteiger partial charge in [-0.05, 0) is 19.1 Å². The molecule has 3 heteroatoms. The van der Waals surface area contributed by atoms with E-state index in [1.165, 1.54) is 0 Å². The molecule has 0 heterocycles. The van der Waals surface area contributed by atoms with Crippen LogP contribution in [0.2, 0.25) is 0 Å². The van der Waals surface area contributed by atoms with Crippen molar-refractivity contribution < 1.29 is 9.84 Å². The Morgan fingerprint density at radius 1 is 1.82 bits per heavy atom. The Hall–Kier alpha value is -0.120. The summed E-state index contributed by atoms with van der Waals surface area (Å²) in [4.78, 5) is 0. The van der Waals surface area contributed by atoms with Crippen LogP contribution in [-0.2, 0) is 4.74 Å². The first-order chi connectivity index (χ1) is 5.16. The first-order valence-corrected chi connectivity index (χ1v) is 4.37. The van der Waals surface area contributed by atoms with E-state index in [0.29, 0.717) is 13.0 Å². The smallest absolute Gasteiger partial charge is 0.189 e. The van der Waals surface area contributed by atoms with Crippen molar-refractivity contribution in [1.29, 1.82) is 0 Å². The third kappa shape index (κ3) is 2.43. The topological polar surface area (TPSA) is 29.5 Å². The van der Waals surface area contributed by atoms with Crippen molar-refractivity contribution in [1.82, 2.24) is 0 Å². The summed E-state index contributed by atoms with van der Waals surface area (Å²) in [7, 11) is 0. The minimum Gasteiger partial charge on any atom is -0.362 e. The molecule has 0 bridgehead atoms. The van der Waals surface area contributed by atoms with Gasteiger partial charge < -0.3 is 9.84 Å². The van der Waals surface area contributed by atoms with Crippen LogP contribution < -0.4 is 0 Å². The Balaban J connectivity index is 2.58. The first-order valence-electron chi connectivity index (χ1n) is 3.57. The second-order valence-corrected chi connectivity index (χ2v) is 3.32. The van der Waals surface area contributed by atoms with Crippen LogP contribution in [0.4, 0.5) is 0 Å². The summed E-state index contributed by atoms with van der Waals surface area (Å²) in [6.07, 6.45) is 5.84. The van der Waals surface area contributed by atoms with E-state index in [1.54, 1.807) is 12.2 Å². The van der Waals surface area contributed by atoms with E-state index in [1.807, 2.05) is 13.0 Å². The number of rotatable bonds is 2. The molecule has 0 aromatic heterocycles. The molecule has 2 nitrogen and oxygen atoms in total. The molecule has 62 valence electrons. The lowest BCUT2D eigenvalue weighted by atomic mass is 10.1.